The summed E-state index contributed by atoms with van der Waals surface area (Å²) in [5.74, 6) is 0.142. The summed E-state index contributed by atoms with van der Waals surface area (Å²) in [5, 5.41) is 3.25. The van der Waals surface area contributed by atoms with E-state index >= 15 is 0 Å². The van der Waals surface area contributed by atoms with Gasteiger partial charge in [-0.05, 0) is 25.5 Å². The molecule has 0 bridgehead atoms. The van der Waals surface area contributed by atoms with Crippen molar-refractivity contribution in [1.29, 1.82) is 0 Å². The molecule has 3 N–H and O–H groups in total. The van der Waals surface area contributed by atoms with Gasteiger partial charge in [-0.1, -0.05) is 0 Å². The standard InChI is InChI=1S/C15H22N2O4/c1-10-4-7-21-13-9-11(15(18)19-2)8-12(16)14(13)17-5-3-6-20-10/h8-10,17H,3-7,16H2,1-2H3/t10-/m0/s1. The van der Waals surface area contributed by atoms with E-state index in [1.165, 1.54) is 7.11 Å². The Bertz CT molecular complexity index is 505. The lowest BCUT2D eigenvalue weighted by atomic mass is 10.1. The minimum atomic E-state index is -0.431. The normalized spacial score (nSPS) is 19.4. The summed E-state index contributed by atoms with van der Waals surface area (Å²) in [7, 11) is 1.34. The van der Waals surface area contributed by atoms with Crippen LogP contribution in [0.3, 0.4) is 0 Å². The first-order valence-electron chi connectivity index (χ1n) is 7.12. The summed E-state index contributed by atoms with van der Waals surface area (Å²) in [6, 6.07) is 3.26. The zero-order valence-electron chi connectivity index (χ0n) is 12.5. The van der Waals surface area contributed by atoms with E-state index < -0.39 is 5.97 Å². The molecule has 2 rings (SSSR count). The minimum Gasteiger partial charge on any atom is -0.491 e. The van der Waals surface area contributed by atoms with E-state index in [-0.39, 0.29) is 6.10 Å². The lowest BCUT2D eigenvalue weighted by molar-refractivity contribution is 0.0509. The maximum Gasteiger partial charge on any atom is 0.338 e. The van der Waals surface area contributed by atoms with Gasteiger partial charge >= 0.3 is 5.97 Å². The van der Waals surface area contributed by atoms with E-state index in [9.17, 15) is 4.79 Å². The van der Waals surface area contributed by atoms with Crippen LogP contribution in [-0.4, -0.2) is 38.9 Å². The van der Waals surface area contributed by atoms with Crippen LogP contribution in [0.25, 0.3) is 0 Å². The maximum absolute atomic E-state index is 11.7. The fraction of sp³-hybridized carbons (Fsp3) is 0.533. The number of carbonyl (C=O) groups is 1. The van der Waals surface area contributed by atoms with Gasteiger partial charge in [-0.2, -0.15) is 0 Å². The first-order chi connectivity index (χ1) is 10.1. The van der Waals surface area contributed by atoms with Crippen LogP contribution in [0.1, 0.15) is 30.1 Å². The molecule has 0 saturated heterocycles. The molecule has 0 fully saturated rings. The summed E-state index contributed by atoms with van der Waals surface area (Å²) < 4.78 is 16.2. The molecule has 1 aliphatic heterocycles. The molecule has 0 aromatic heterocycles. The third-order valence-electron chi connectivity index (χ3n) is 3.36. The maximum atomic E-state index is 11.7. The Morgan fingerprint density at radius 3 is 3.00 bits per heavy atom. The third-order valence-corrected chi connectivity index (χ3v) is 3.36. The van der Waals surface area contributed by atoms with Gasteiger partial charge in [0.1, 0.15) is 11.4 Å². The fourth-order valence-electron chi connectivity index (χ4n) is 2.16. The second kappa shape index (κ2) is 7.17. The highest BCUT2D eigenvalue weighted by Gasteiger charge is 2.16. The van der Waals surface area contributed by atoms with Crippen LogP contribution in [0.4, 0.5) is 11.4 Å². The number of fused-ring (bicyclic) bond motifs is 1. The molecule has 21 heavy (non-hydrogen) atoms. The number of nitrogen functional groups attached to an aromatic ring is 1. The molecule has 0 radical (unpaired) electrons. The Morgan fingerprint density at radius 2 is 2.24 bits per heavy atom. The van der Waals surface area contributed by atoms with E-state index in [4.69, 9.17) is 19.9 Å². The van der Waals surface area contributed by atoms with Gasteiger partial charge in [-0.3, -0.25) is 0 Å². The van der Waals surface area contributed by atoms with Gasteiger partial charge in [-0.25, -0.2) is 4.79 Å². The summed E-state index contributed by atoms with van der Waals surface area (Å²) in [6.45, 7) is 3.95. The topological polar surface area (TPSA) is 82.8 Å². The molecule has 6 nitrogen and oxygen atoms in total. The van der Waals surface area contributed by atoms with Gasteiger partial charge in [0, 0.05) is 19.6 Å². The molecule has 0 unspecified atom stereocenters. The Morgan fingerprint density at radius 1 is 1.43 bits per heavy atom. The number of carbonyl (C=O) groups excluding carboxylic acids is 1. The number of esters is 1. The Balaban J connectivity index is 2.28. The summed E-state index contributed by atoms with van der Waals surface area (Å²) >= 11 is 0. The first-order valence-corrected chi connectivity index (χ1v) is 7.12. The first kappa shape index (κ1) is 15.4. The van der Waals surface area contributed by atoms with Crippen LogP contribution < -0.4 is 15.8 Å². The van der Waals surface area contributed by atoms with Crippen molar-refractivity contribution in [3.05, 3.63) is 17.7 Å². The quantitative estimate of drug-likeness (QED) is 0.609. The van der Waals surface area contributed by atoms with Gasteiger partial charge in [-0.15, -0.1) is 0 Å². The van der Waals surface area contributed by atoms with Crippen LogP contribution in [0.2, 0.25) is 0 Å². The summed E-state index contributed by atoms with van der Waals surface area (Å²) in [6.07, 6.45) is 1.80. The van der Waals surface area contributed by atoms with Gasteiger partial charge in [0.05, 0.1) is 31.1 Å². The molecule has 116 valence electrons. The number of rotatable bonds is 1. The van der Waals surface area contributed by atoms with Gasteiger partial charge in [0.25, 0.3) is 0 Å². The van der Waals surface area contributed by atoms with Crippen molar-refractivity contribution in [2.75, 3.05) is 37.9 Å². The minimum absolute atomic E-state index is 0.146. The van der Waals surface area contributed by atoms with Crippen molar-refractivity contribution < 1.29 is 19.0 Å². The Hall–Kier alpha value is -1.95. The van der Waals surface area contributed by atoms with Gasteiger partial charge < -0.3 is 25.3 Å². The fourth-order valence-corrected chi connectivity index (χ4v) is 2.16. The summed E-state index contributed by atoms with van der Waals surface area (Å²) in [4.78, 5) is 11.7. The van der Waals surface area contributed by atoms with Crippen LogP contribution in [0, 0.1) is 0 Å². The van der Waals surface area contributed by atoms with E-state index in [1.54, 1.807) is 12.1 Å². The lowest BCUT2D eigenvalue weighted by Crippen LogP contribution is -2.13. The van der Waals surface area contributed by atoms with Gasteiger partial charge in [0.2, 0.25) is 0 Å². The van der Waals surface area contributed by atoms with Crippen LogP contribution in [0.5, 0.6) is 5.75 Å². The number of methoxy groups -OCH3 is 1. The molecule has 1 aromatic carbocycles. The number of anilines is 2. The van der Waals surface area contributed by atoms with E-state index in [1.807, 2.05) is 6.92 Å². The molecule has 0 amide bonds. The smallest absolute Gasteiger partial charge is 0.338 e. The van der Waals surface area contributed by atoms with E-state index in [2.05, 4.69) is 5.32 Å². The Kier molecular flexibility index (Phi) is 5.27. The van der Waals surface area contributed by atoms with Gasteiger partial charge in [0.15, 0.2) is 0 Å². The molecule has 6 heteroatoms. The van der Waals surface area contributed by atoms with Crippen LogP contribution >= 0.6 is 0 Å². The highest BCUT2D eigenvalue weighted by molar-refractivity contribution is 5.93. The molecular formula is C15H22N2O4. The van der Waals surface area contributed by atoms with Crippen molar-refractivity contribution in [2.45, 2.75) is 25.9 Å². The average Bonchev–Trinajstić information content (AvgIpc) is 2.51. The highest BCUT2D eigenvalue weighted by Crippen LogP contribution is 2.33. The summed E-state index contributed by atoms with van der Waals surface area (Å²) in [5.41, 5.74) is 7.61. The van der Waals surface area contributed by atoms with Crippen molar-refractivity contribution >= 4 is 17.3 Å². The monoisotopic (exact) mass is 294 g/mol. The van der Waals surface area contributed by atoms with E-state index in [0.717, 1.165) is 25.1 Å². The Labute approximate surface area is 124 Å². The number of benzene rings is 1. The lowest BCUT2D eigenvalue weighted by Gasteiger charge is -2.16. The van der Waals surface area contributed by atoms with Crippen molar-refractivity contribution in [3.8, 4) is 5.75 Å². The van der Waals surface area contributed by atoms with Crippen LogP contribution in [-0.2, 0) is 9.47 Å². The third kappa shape index (κ3) is 4.01. The predicted molar refractivity (Wildman–Crippen MR) is 80.8 cm³/mol. The second-order valence-corrected chi connectivity index (χ2v) is 5.03. The molecule has 1 aliphatic rings. The number of nitrogens with one attached hydrogen (secondary N) is 1. The van der Waals surface area contributed by atoms with Crippen molar-refractivity contribution in [2.24, 2.45) is 0 Å². The van der Waals surface area contributed by atoms with Crippen molar-refractivity contribution in [1.82, 2.24) is 0 Å². The molecule has 0 aliphatic carbocycles. The zero-order valence-corrected chi connectivity index (χ0v) is 12.5. The second-order valence-electron chi connectivity index (χ2n) is 5.03. The molecular weight excluding hydrogens is 272 g/mol. The largest absolute Gasteiger partial charge is 0.491 e. The molecule has 1 aromatic rings. The van der Waals surface area contributed by atoms with E-state index in [0.29, 0.717) is 30.2 Å². The number of hydrogen-bond acceptors (Lipinski definition) is 6. The average molecular weight is 294 g/mol. The highest BCUT2D eigenvalue weighted by atomic mass is 16.5. The molecule has 0 spiro atoms. The molecule has 1 heterocycles. The van der Waals surface area contributed by atoms with Crippen LogP contribution in [0.15, 0.2) is 12.1 Å². The number of nitrogens with two attached hydrogens (primary N) is 1. The zero-order chi connectivity index (χ0) is 15.2. The SMILES string of the molecule is COC(=O)c1cc(N)c2c(c1)OCC[C@H](C)OCCCN2. The molecule has 0 saturated carbocycles. The number of ether oxygens (including phenoxy) is 3. The van der Waals surface area contributed by atoms with Crippen molar-refractivity contribution in [3.63, 3.8) is 0 Å². The number of hydrogen-bond donors (Lipinski definition) is 2. The predicted octanol–water partition coefficient (Wildman–Crippen LogP) is 2.04. The molecule has 1 atom stereocenters.